The molecule has 0 aliphatic heterocycles. The van der Waals surface area contributed by atoms with Crippen molar-refractivity contribution in [2.45, 2.75) is 19.5 Å². The number of pyridine rings is 1. The topological polar surface area (TPSA) is 42.1 Å². The molecule has 0 fully saturated rings. The quantitative estimate of drug-likeness (QED) is 0.930. The summed E-state index contributed by atoms with van der Waals surface area (Å²) in [6, 6.07) is 11.9. The molecule has 4 heteroatoms. The van der Waals surface area contributed by atoms with Crippen molar-refractivity contribution >= 4 is 17.4 Å². The molecule has 0 saturated carbocycles. The minimum Gasteiger partial charge on any atom is -0.355 e. The second-order valence-corrected chi connectivity index (χ2v) is 5.16. The van der Waals surface area contributed by atoms with E-state index in [0.717, 1.165) is 28.5 Å². The standard InChI is InChI=1S/C15H18ClN3/c1-11(17)13-6-7-15(18-9-13)19(2)10-12-4-3-5-14(16)8-12/h3-9,11H,10,17H2,1-2H3/t11-/m1/s1. The van der Waals surface area contributed by atoms with E-state index in [1.807, 2.05) is 50.5 Å². The van der Waals surface area contributed by atoms with Gasteiger partial charge >= 0.3 is 0 Å². The molecule has 2 N–H and O–H groups in total. The van der Waals surface area contributed by atoms with Crippen molar-refractivity contribution in [2.24, 2.45) is 5.73 Å². The minimum absolute atomic E-state index is 0.0137. The molecule has 0 bridgehead atoms. The minimum atomic E-state index is 0.0137. The molecule has 2 rings (SSSR count). The van der Waals surface area contributed by atoms with E-state index in [-0.39, 0.29) is 6.04 Å². The first-order chi connectivity index (χ1) is 9.06. The zero-order chi connectivity index (χ0) is 13.8. The summed E-state index contributed by atoms with van der Waals surface area (Å²) in [7, 11) is 2.01. The molecule has 1 heterocycles. The van der Waals surface area contributed by atoms with Gasteiger partial charge in [0.15, 0.2) is 0 Å². The van der Waals surface area contributed by atoms with E-state index >= 15 is 0 Å². The van der Waals surface area contributed by atoms with Gasteiger partial charge in [0.2, 0.25) is 0 Å². The van der Waals surface area contributed by atoms with Crippen LogP contribution in [0, 0.1) is 0 Å². The molecule has 19 heavy (non-hydrogen) atoms. The third kappa shape index (κ3) is 3.69. The van der Waals surface area contributed by atoms with Crippen molar-refractivity contribution in [3.05, 3.63) is 58.7 Å². The lowest BCUT2D eigenvalue weighted by Crippen LogP contribution is -2.18. The van der Waals surface area contributed by atoms with Gasteiger partial charge in [-0.3, -0.25) is 0 Å². The summed E-state index contributed by atoms with van der Waals surface area (Å²) < 4.78 is 0. The van der Waals surface area contributed by atoms with Crippen LogP contribution in [0.15, 0.2) is 42.6 Å². The lowest BCUT2D eigenvalue weighted by Gasteiger charge is -2.19. The monoisotopic (exact) mass is 275 g/mol. The fourth-order valence-corrected chi connectivity index (χ4v) is 2.10. The van der Waals surface area contributed by atoms with E-state index in [9.17, 15) is 0 Å². The summed E-state index contributed by atoms with van der Waals surface area (Å²) >= 11 is 5.98. The van der Waals surface area contributed by atoms with Crippen LogP contribution in [0.4, 0.5) is 5.82 Å². The van der Waals surface area contributed by atoms with Gasteiger partial charge in [0.1, 0.15) is 5.82 Å². The zero-order valence-electron chi connectivity index (χ0n) is 11.2. The number of nitrogens with zero attached hydrogens (tertiary/aromatic N) is 2. The van der Waals surface area contributed by atoms with E-state index in [1.165, 1.54) is 0 Å². The number of nitrogens with two attached hydrogens (primary N) is 1. The summed E-state index contributed by atoms with van der Waals surface area (Å²) in [5.41, 5.74) is 8.01. The number of hydrogen-bond acceptors (Lipinski definition) is 3. The molecule has 0 aliphatic rings. The van der Waals surface area contributed by atoms with E-state index in [4.69, 9.17) is 17.3 Å². The molecule has 0 unspecified atom stereocenters. The third-order valence-electron chi connectivity index (χ3n) is 3.00. The molecule has 1 atom stereocenters. The van der Waals surface area contributed by atoms with Crippen molar-refractivity contribution in [3.63, 3.8) is 0 Å². The van der Waals surface area contributed by atoms with Gasteiger partial charge in [0.25, 0.3) is 0 Å². The molecule has 0 saturated heterocycles. The zero-order valence-corrected chi connectivity index (χ0v) is 11.9. The number of hydrogen-bond donors (Lipinski definition) is 1. The predicted octanol–water partition coefficient (Wildman–Crippen LogP) is 3.39. The van der Waals surface area contributed by atoms with Crippen molar-refractivity contribution in [3.8, 4) is 0 Å². The molecular weight excluding hydrogens is 258 g/mol. The van der Waals surface area contributed by atoms with Crippen molar-refractivity contribution in [1.29, 1.82) is 0 Å². The summed E-state index contributed by atoms with van der Waals surface area (Å²) in [6.45, 7) is 2.72. The van der Waals surface area contributed by atoms with Gasteiger partial charge in [-0.05, 0) is 36.2 Å². The van der Waals surface area contributed by atoms with E-state index in [2.05, 4.69) is 16.0 Å². The Morgan fingerprint density at radius 3 is 2.68 bits per heavy atom. The fourth-order valence-electron chi connectivity index (χ4n) is 1.88. The van der Waals surface area contributed by atoms with Crippen LogP contribution < -0.4 is 10.6 Å². The van der Waals surface area contributed by atoms with E-state index < -0.39 is 0 Å². The van der Waals surface area contributed by atoms with Gasteiger partial charge in [0, 0.05) is 30.9 Å². The molecule has 0 aliphatic carbocycles. The molecule has 1 aromatic heterocycles. The van der Waals surface area contributed by atoms with Crippen LogP contribution in [-0.4, -0.2) is 12.0 Å². The Labute approximate surface area is 119 Å². The maximum atomic E-state index is 5.98. The molecule has 100 valence electrons. The Morgan fingerprint density at radius 1 is 1.32 bits per heavy atom. The van der Waals surface area contributed by atoms with Gasteiger partial charge in [0.05, 0.1) is 0 Å². The van der Waals surface area contributed by atoms with Crippen LogP contribution in [0.1, 0.15) is 24.1 Å². The Morgan fingerprint density at radius 2 is 2.11 bits per heavy atom. The average Bonchev–Trinajstić information content (AvgIpc) is 2.39. The molecule has 1 aromatic carbocycles. The summed E-state index contributed by atoms with van der Waals surface area (Å²) in [5, 5.41) is 0.756. The Bertz CT molecular complexity index is 537. The SMILES string of the molecule is C[C@@H](N)c1ccc(N(C)Cc2cccc(Cl)c2)nc1. The Hall–Kier alpha value is -1.58. The maximum Gasteiger partial charge on any atom is 0.128 e. The van der Waals surface area contributed by atoms with Crippen LogP contribution in [-0.2, 0) is 6.54 Å². The highest BCUT2D eigenvalue weighted by Crippen LogP contribution is 2.17. The number of benzene rings is 1. The van der Waals surface area contributed by atoms with Crippen LogP contribution in [0.25, 0.3) is 0 Å². The van der Waals surface area contributed by atoms with E-state index in [1.54, 1.807) is 0 Å². The second kappa shape index (κ2) is 6.04. The van der Waals surface area contributed by atoms with Crippen LogP contribution in [0.3, 0.4) is 0 Å². The second-order valence-electron chi connectivity index (χ2n) is 4.72. The molecule has 2 aromatic rings. The van der Waals surface area contributed by atoms with Crippen LogP contribution >= 0.6 is 11.6 Å². The molecular formula is C15H18ClN3. The first-order valence-corrected chi connectivity index (χ1v) is 6.61. The highest BCUT2D eigenvalue weighted by Gasteiger charge is 2.05. The lowest BCUT2D eigenvalue weighted by atomic mass is 10.1. The van der Waals surface area contributed by atoms with Crippen LogP contribution in [0.2, 0.25) is 5.02 Å². The van der Waals surface area contributed by atoms with Gasteiger partial charge in [-0.25, -0.2) is 4.98 Å². The highest BCUT2D eigenvalue weighted by atomic mass is 35.5. The fraction of sp³-hybridized carbons (Fsp3) is 0.267. The summed E-state index contributed by atoms with van der Waals surface area (Å²) in [6.07, 6.45) is 1.83. The molecule has 0 radical (unpaired) electrons. The highest BCUT2D eigenvalue weighted by molar-refractivity contribution is 6.30. The first kappa shape index (κ1) is 13.8. The van der Waals surface area contributed by atoms with E-state index in [0.29, 0.717) is 0 Å². The van der Waals surface area contributed by atoms with Gasteiger partial charge in [-0.1, -0.05) is 29.8 Å². The van der Waals surface area contributed by atoms with Crippen molar-refractivity contribution < 1.29 is 0 Å². The number of rotatable bonds is 4. The van der Waals surface area contributed by atoms with Gasteiger partial charge in [-0.2, -0.15) is 0 Å². The van der Waals surface area contributed by atoms with Gasteiger partial charge < -0.3 is 10.6 Å². The summed E-state index contributed by atoms with van der Waals surface area (Å²) in [4.78, 5) is 6.51. The third-order valence-corrected chi connectivity index (χ3v) is 3.23. The first-order valence-electron chi connectivity index (χ1n) is 6.23. The number of aromatic nitrogens is 1. The van der Waals surface area contributed by atoms with Crippen LogP contribution in [0.5, 0.6) is 0 Å². The molecule has 0 amide bonds. The normalized spacial score (nSPS) is 12.2. The predicted molar refractivity (Wildman–Crippen MR) is 80.4 cm³/mol. The number of anilines is 1. The van der Waals surface area contributed by atoms with Crippen molar-refractivity contribution in [2.75, 3.05) is 11.9 Å². The smallest absolute Gasteiger partial charge is 0.128 e. The van der Waals surface area contributed by atoms with Gasteiger partial charge in [-0.15, -0.1) is 0 Å². The molecule has 3 nitrogen and oxygen atoms in total. The maximum absolute atomic E-state index is 5.98. The largest absolute Gasteiger partial charge is 0.355 e. The Balaban J connectivity index is 2.09. The summed E-state index contributed by atoms with van der Waals surface area (Å²) in [5.74, 6) is 0.921. The Kier molecular flexibility index (Phi) is 4.40. The average molecular weight is 276 g/mol. The van der Waals surface area contributed by atoms with Crippen molar-refractivity contribution in [1.82, 2.24) is 4.98 Å². The molecule has 0 spiro atoms. The lowest BCUT2D eigenvalue weighted by molar-refractivity contribution is 0.807. The number of halogens is 1.